The lowest BCUT2D eigenvalue weighted by molar-refractivity contribution is 0.0347. The number of rotatable bonds is 5. The van der Waals surface area contributed by atoms with Gasteiger partial charge in [-0.3, -0.25) is 4.90 Å². The molecule has 1 saturated carbocycles. The average molecular weight is 281 g/mol. The minimum atomic E-state index is 0.446. The zero-order valence-corrected chi connectivity index (χ0v) is 14.1. The predicted octanol–water partition coefficient (Wildman–Crippen LogP) is 2.57. The Balaban J connectivity index is 1.94. The van der Waals surface area contributed by atoms with Crippen molar-refractivity contribution in [1.29, 1.82) is 0 Å². The van der Waals surface area contributed by atoms with Gasteiger partial charge in [-0.25, -0.2) is 0 Å². The summed E-state index contributed by atoms with van der Waals surface area (Å²) in [5.74, 6) is 0.753. The fourth-order valence-electron chi connectivity index (χ4n) is 4.07. The van der Waals surface area contributed by atoms with Crippen molar-refractivity contribution < 1.29 is 0 Å². The monoisotopic (exact) mass is 281 g/mol. The van der Waals surface area contributed by atoms with Crippen molar-refractivity contribution in [3.63, 3.8) is 0 Å². The van der Waals surface area contributed by atoms with E-state index in [9.17, 15) is 0 Å². The summed E-state index contributed by atoms with van der Waals surface area (Å²) in [6.07, 6.45) is 8.36. The Kier molecular flexibility index (Phi) is 5.88. The Labute approximate surface area is 126 Å². The van der Waals surface area contributed by atoms with Crippen LogP contribution >= 0.6 is 0 Å². The first-order valence-corrected chi connectivity index (χ1v) is 8.66. The van der Waals surface area contributed by atoms with Crippen molar-refractivity contribution in [1.82, 2.24) is 15.1 Å². The van der Waals surface area contributed by atoms with Crippen LogP contribution in [0.15, 0.2) is 0 Å². The minimum absolute atomic E-state index is 0.446. The standard InChI is InChI=1S/C17H35N3/c1-15(2)16-13-18-17(9-6-5-7-10-17)14-20(16)12-8-11-19(3)4/h15-16,18H,5-14H2,1-4H3. The van der Waals surface area contributed by atoms with Crippen molar-refractivity contribution in [2.45, 2.75) is 64.0 Å². The van der Waals surface area contributed by atoms with Gasteiger partial charge in [0.1, 0.15) is 0 Å². The van der Waals surface area contributed by atoms with E-state index in [4.69, 9.17) is 0 Å². The highest BCUT2D eigenvalue weighted by atomic mass is 15.3. The lowest BCUT2D eigenvalue weighted by Gasteiger charge is -2.51. The van der Waals surface area contributed by atoms with Gasteiger partial charge in [-0.1, -0.05) is 33.1 Å². The highest BCUT2D eigenvalue weighted by Crippen LogP contribution is 2.33. The van der Waals surface area contributed by atoms with Gasteiger partial charge in [0.05, 0.1) is 0 Å². The van der Waals surface area contributed by atoms with Crippen LogP contribution in [0.4, 0.5) is 0 Å². The summed E-state index contributed by atoms with van der Waals surface area (Å²) in [5.41, 5.74) is 0.446. The van der Waals surface area contributed by atoms with Crippen molar-refractivity contribution in [2.24, 2.45) is 5.92 Å². The molecule has 118 valence electrons. The number of piperazine rings is 1. The van der Waals surface area contributed by atoms with Gasteiger partial charge in [-0.2, -0.15) is 0 Å². The summed E-state index contributed by atoms with van der Waals surface area (Å²) >= 11 is 0. The van der Waals surface area contributed by atoms with E-state index < -0.39 is 0 Å². The van der Waals surface area contributed by atoms with Gasteiger partial charge < -0.3 is 10.2 Å². The normalized spacial score (nSPS) is 27.6. The van der Waals surface area contributed by atoms with Crippen molar-refractivity contribution >= 4 is 0 Å². The second-order valence-corrected chi connectivity index (χ2v) is 7.66. The SMILES string of the molecule is CC(C)C1CNC2(CCCCC2)CN1CCCN(C)C. The summed E-state index contributed by atoms with van der Waals surface area (Å²) in [7, 11) is 4.36. The van der Waals surface area contributed by atoms with E-state index in [2.05, 4.69) is 43.1 Å². The van der Waals surface area contributed by atoms with Gasteiger partial charge in [0.2, 0.25) is 0 Å². The maximum atomic E-state index is 3.94. The van der Waals surface area contributed by atoms with Gasteiger partial charge >= 0.3 is 0 Å². The van der Waals surface area contributed by atoms with E-state index in [1.807, 2.05) is 0 Å². The quantitative estimate of drug-likeness (QED) is 0.835. The Morgan fingerprint density at radius 2 is 1.90 bits per heavy atom. The first-order chi connectivity index (χ1) is 9.52. The third kappa shape index (κ3) is 4.19. The Morgan fingerprint density at radius 3 is 2.50 bits per heavy atom. The largest absolute Gasteiger partial charge is 0.309 e. The number of hydrogen-bond donors (Lipinski definition) is 1. The van der Waals surface area contributed by atoms with E-state index >= 15 is 0 Å². The van der Waals surface area contributed by atoms with Crippen molar-refractivity contribution in [2.75, 3.05) is 40.3 Å². The molecule has 2 fully saturated rings. The summed E-state index contributed by atoms with van der Waals surface area (Å²) in [5, 5.41) is 3.94. The van der Waals surface area contributed by atoms with Crippen molar-refractivity contribution in [3.05, 3.63) is 0 Å². The zero-order chi connectivity index (χ0) is 14.6. The first kappa shape index (κ1) is 16.3. The molecule has 20 heavy (non-hydrogen) atoms. The molecule has 0 aromatic heterocycles. The van der Waals surface area contributed by atoms with E-state index in [0.717, 1.165) is 12.0 Å². The molecule has 1 unspecified atom stereocenters. The van der Waals surface area contributed by atoms with Crippen LogP contribution in [-0.4, -0.2) is 61.7 Å². The topological polar surface area (TPSA) is 18.5 Å². The van der Waals surface area contributed by atoms with Gasteiger partial charge in [0.25, 0.3) is 0 Å². The van der Waals surface area contributed by atoms with E-state index in [1.165, 1.54) is 64.7 Å². The van der Waals surface area contributed by atoms with Gasteiger partial charge in [0, 0.05) is 24.7 Å². The molecule has 1 aliphatic carbocycles. The van der Waals surface area contributed by atoms with Gasteiger partial charge in [-0.15, -0.1) is 0 Å². The summed E-state index contributed by atoms with van der Waals surface area (Å²) in [4.78, 5) is 5.11. The molecule has 1 aliphatic heterocycles. The molecule has 1 saturated heterocycles. The molecule has 2 rings (SSSR count). The molecule has 0 aromatic carbocycles. The van der Waals surface area contributed by atoms with Crippen LogP contribution in [0.1, 0.15) is 52.4 Å². The first-order valence-electron chi connectivity index (χ1n) is 8.66. The van der Waals surface area contributed by atoms with Crippen LogP contribution in [0, 0.1) is 5.92 Å². The third-order valence-corrected chi connectivity index (χ3v) is 5.29. The molecule has 1 spiro atoms. The van der Waals surface area contributed by atoms with Crippen molar-refractivity contribution in [3.8, 4) is 0 Å². The van der Waals surface area contributed by atoms with Crippen LogP contribution in [-0.2, 0) is 0 Å². The molecule has 0 aromatic rings. The maximum Gasteiger partial charge on any atom is 0.0309 e. The fraction of sp³-hybridized carbons (Fsp3) is 1.00. The highest BCUT2D eigenvalue weighted by Gasteiger charge is 2.40. The second kappa shape index (κ2) is 7.24. The van der Waals surface area contributed by atoms with Crippen LogP contribution < -0.4 is 5.32 Å². The van der Waals surface area contributed by atoms with Crippen LogP contribution in [0.3, 0.4) is 0 Å². The summed E-state index contributed by atoms with van der Waals surface area (Å²) < 4.78 is 0. The molecule has 3 heteroatoms. The molecule has 3 nitrogen and oxygen atoms in total. The lowest BCUT2D eigenvalue weighted by Crippen LogP contribution is -2.66. The molecule has 1 atom stereocenters. The Bertz CT molecular complexity index is 282. The van der Waals surface area contributed by atoms with Gasteiger partial charge in [0.15, 0.2) is 0 Å². The fourth-order valence-corrected chi connectivity index (χ4v) is 4.07. The van der Waals surface area contributed by atoms with E-state index in [0.29, 0.717) is 5.54 Å². The van der Waals surface area contributed by atoms with Crippen LogP contribution in [0.25, 0.3) is 0 Å². The number of hydrogen-bond acceptors (Lipinski definition) is 3. The molecular weight excluding hydrogens is 246 g/mol. The van der Waals surface area contributed by atoms with Crippen LogP contribution in [0.5, 0.6) is 0 Å². The van der Waals surface area contributed by atoms with E-state index in [-0.39, 0.29) is 0 Å². The molecule has 2 aliphatic rings. The average Bonchev–Trinajstić information content (AvgIpc) is 2.39. The summed E-state index contributed by atoms with van der Waals surface area (Å²) in [6.45, 7) is 9.71. The maximum absolute atomic E-state index is 3.94. The molecule has 1 heterocycles. The second-order valence-electron chi connectivity index (χ2n) is 7.66. The van der Waals surface area contributed by atoms with Gasteiger partial charge in [-0.05, 0) is 52.4 Å². The molecule has 0 amide bonds. The zero-order valence-electron chi connectivity index (χ0n) is 14.1. The predicted molar refractivity (Wildman–Crippen MR) is 87.2 cm³/mol. The molecule has 0 bridgehead atoms. The highest BCUT2D eigenvalue weighted by molar-refractivity contribution is 5.00. The lowest BCUT2D eigenvalue weighted by atomic mass is 9.78. The smallest absolute Gasteiger partial charge is 0.0309 e. The Morgan fingerprint density at radius 1 is 1.20 bits per heavy atom. The number of nitrogens with one attached hydrogen (secondary N) is 1. The molecule has 0 radical (unpaired) electrons. The van der Waals surface area contributed by atoms with Crippen LogP contribution in [0.2, 0.25) is 0 Å². The third-order valence-electron chi connectivity index (χ3n) is 5.29. The molecule has 1 N–H and O–H groups in total. The minimum Gasteiger partial charge on any atom is -0.309 e. The summed E-state index contributed by atoms with van der Waals surface area (Å²) in [6, 6.07) is 0.727. The molecular formula is C17H35N3. The van der Waals surface area contributed by atoms with E-state index in [1.54, 1.807) is 0 Å². The number of nitrogens with zero attached hydrogens (tertiary/aromatic N) is 2. The Hall–Kier alpha value is -0.120.